The number of Topliss-reactive ketones (excluding diaryl/α,β-unsaturated/α-hetero) is 1. The number of carbonyl (C=O) groups is 2. The Morgan fingerprint density at radius 1 is 1.37 bits per heavy atom. The van der Waals surface area contributed by atoms with Crippen molar-refractivity contribution >= 4 is 46.2 Å². The van der Waals surface area contributed by atoms with Crippen molar-refractivity contribution in [3.8, 4) is 0 Å². The molecular formula is C12H16Cl2N2O2S. The van der Waals surface area contributed by atoms with E-state index >= 15 is 0 Å². The molecule has 1 aromatic rings. The molecule has 1 unspecified atom stereocenters. The van der Waals surface area contributed by atoms with Crippen LogP contribution in [0.5, 0.6) is 0 Å². The topological polar surface area (TPSA) is 58.2 Å². The second-order valence-corrected chi connectivity index (χ2v) is 6.44. The van der Waals surface area contributed by atoms with Crippen LogP contribution in [0.4, 0.5) is 0 Å². The third-order valence-corrected chi connectivity index (χ3v) is 4.12. The number of nitrogens with one attached hydrogen (secondary N) is 2. The Kier molecular flexibility index (Phi) is 6.79. The first-order valence-electron chi connectivity index (χ1n) is 5.86. The lowest BCUT2D eigenvalue weighted by molar-refractivity contribution is -0.121. The number of hydrogen-bond donors (Lipinski definition) is 2. The van der Waals surface area contributed by atoms with E-state index in [1.807, 2.05) is 14.0 Å². The van der Waals surface area contributed by atoms with Gasteiger partial charge >= 0.3 is 0 Å². The van der Waals surface area contributed by atoms with Crippen LogP contribution in [0.25, 0.3) is 0 Å². The normalized spacial score (nSPS) is 12.2. The second-order valence-electron chi connectivity index (χ2n) is 4.15. The highest BCUT2D eigenvalue weighted by Gasteiger charge is 2.15. The van der Waals surface area contributed by atoms with Crippen molar-refractivity contribution < 1.29 is 9.59 Å². The van der Waals surface area contributed by atoms with E-state index in [0.717, 1.165) is 11.3 Å². The van der Waals surface area contributed by atoms with Crippen molar-refractivity contribution in [1.29, 1.82) is 0 Å². The van der Waals surface area contributed by atoms with Crippen molar-refractivity contribution in [2.45, 2.75) is 25.8 Å². The lowest BCUT2D eigenvalue weighted by atomic mass is 10.1. The Hall–Kier alpha value is -0.620. The van der Waals surface area contributed by atoms with Gasteiger partial charge in [0, 0.05) is 31.0 Å². The maximum absolute atomic E-state index is 11.8. The largest absolute Gasteiger partial charge is 0.355 e. The van der Waals surface area contributed by atoms with Crippen molar-refractivity contribution in [2.75, 3.05) is 13.6 Å². The third kappa shape index (κ3) is 5.48. The summed E-state index contributed by atoms with van der Waals surface area (Å²) >= 11 is 12.8. The van der Waals surface area contributed by atoms with Crippen LogP contribution in [0, 0.1) is 0 Å². The lowest BCUT2D eigenvalue weighted by Crippen LogP contribution is -2.37. The zero-order valence-corrected chi connectivity index (χ0v) is 13.1. The Morgan fingerprint density at radius 3 is 2.58 bits per heavy atom. The van der Waals surface area contributed by atoms with E-state index in [0.29, 0.717) is 20.8 Å². The van der Waals surface area contributed by atoms with Gasteiger partial charge < -0.3 is 10.6 Å². The first-order chi connectivity index (χ1) is 8.93. The van der Waals surface area contributed by atoms with Crippen LogP contribution < -0.4 is 10.6 Å². The molecule has 0 aliphatic rings. The first kappa shape index (κ1) is 16.4. The fourth-order valence-electron chi connectivity index (χ4n) is 1.35. The Labute approximate surface area is 126 Å². The summed E-state index contributed by atoms with van der Waals surface area (Å²) in [5, 5.41) is 5.76. The maximum atomic E-state index is 11.8. The fraction of sp³-hybridized carbons (Fsp3) is 0.500. The van der Waals surface area contributed by atoms with Gasteiger partial charge in [0.25, 0.3) is 0 Å². The first-order valence-corrected chi connectivity index (χ1v) is 7.43. The van der Waals surface area contributed by atoms with Gasteiger partial charge in [0.2, 0.25) is 5.91 Å². The molecule has 0 aliphatic heterocycles. The van der Waals surface area contributed by atoms with E-state index in [1.54, 1.807) is 0 Å². The third-order valence-electron chi connectivity index (χ3n) is 2.63. The van der Waals surface area contributed by atoms with Crippen LogP contribution >= 0.6 is 34.5 Å². The van der Waals surface area contributed by atoms with E-state index < -0.39 is 0 Å². The second kappa shape index (κ2) is 7.85. The SMILES string of the molecule is CNC(C)CNC(=O)CCC(=O)c1cc(Cl)sc1Cl. The quantitative estimate of drug-likeness (QED) is 0.759. The highest BCUT2D eigenvalue weighted by molar-refractivity contribution is 7.20. The molecule has 0 spiro atoms. The minimum atomic E-state index is -0.162. The van der Waals surface area contributed by atoms with Gasteiger partial charge in [-0.3, -0.25) is 9.59 Å². The molecule has 0 fully saturated rings. The van der Waals surface area contributed by atoms with Gasteiger partial charge in [-0.2, -0.15) is 0 Å². The number of halogens is 2. The predicted molar refractivity (Wildman–Crippen MR) is 79.4 cm³/mol. The molecule has 1 rings (SSSR count). The van der Waals surface area contributed by atoms with Gasteiger partial charge in [0.15, 0.2) is 5.78 Å². The molecule has 1 aromatic heterocycles. The maximum Gasteiger partial charge on any atom is 0.220 e. The Bertz CT molecular complexity index is 463. The summed E-state index contributed by atoms with van der Waals surface area (Å²) in [6.45, 7) is 2.49. The van der Waals surface area contributed by atoms with E-state index in [4.69, 9.17) is 23.2 Å². The summed E-state index contributed by atoms with van der Waals surface area (Å²) in [7, 11) is 1.82. The summed E-state index contributed by atoms with van der Waals surface area (Å²) in [5.41, 5.74) is 0.396. The minimum Gasteiger partial charge on any atom is -0.355 e. The zero-order chi connectivity index (χ0) is 14.4. The van der Waals surface area contributed by atoms with Crippen LogP contribution in [0.15, 0.2) is 6.07 Å². The van der Waals surface area contributed by atoms with Gasteiger partial charge in [-0.25, -0.2) is 0 Å². The van der Waals surface area contributed by atoms with Gasteiger partial charge in [0.1, 0.15) is 4.34 Å². The summed E-state index contributed by atoms with van der Waals surface area (Å²) in [6, 6.07) is 1.74. The molecular weight excluding hydrogens is 307 g/mol. The van der Waals surface area contributed by atoms with Crippen LogP contribution in [0.1, 0.15) is 30.1 Å². The molecule has 0 aliphatic carbocycles. The van der Waals surface area contributed by atoms with E-state index in [1.165, 1.54) is 6.07 Å². The molecule has 1 heterocycles. The van der Waals surface area contributed by atoms with Gasteiger partial charge in [0.05, 0.1) is 4.34 Å². The average Bonchev–Trinajstić information content (AvgIpc) is 2.72. The molecule has 4 nitrogen and oxygen atoms in total. The summed E-state index contributed by atoms with van der Waals surface area (Å²) in [4.78, 5) is 23.4. The number of thiophene rings is 1. The molecule has 0 saturated heterocycles. The van der Waals surface area contributed by atoms with Crippen LogP contribution in [0.3, 0.4) is 0 Å². The average molecular weight is 323 g/mol. The van der Waals surface area contributed by atoms with Crippen LogP contribution in [0.2, 0.25) is 8.67 Å². The number of carbonyl (C=O) groups excluding carboxylic acids is 2. The number of ketones is 1. The molecule has 19 heavy (non-hydrogen) atoms. The summed E-state index contributed by atoms with van der Waals surface area (Å²) in [6.07, 6.45) is 0.283. The van der Waals surface area contributed by atoms with Crippen molar-refractivity contribution in [1.82, 2.24) is 10.6 Å². The van der Waals surface area contributed by atoms with Crippen molar-refractivity contribution in [3.63, 3.8) is 0 Å². The monoisotopic (exact) mass is 322 g/mol. The molecule has 1 amide bonds. The van der Waals surface area contributed by atoms with Crippen LogP contribution in [-0.4, -0.2) is 31.3 Å². The Balaban J connectivity index is 2.38. The molecule has 0 radical (unpaired) electrons. The van der Waals surface area contributed by atoms with Gasteiger partial charge in [-0.05, 0) is 20.0 Å². The predicted octanol–water partition coefficient (Wildman–Crippen LogP) is 2.74. The highest BCUT2D eigenvalue weighted by Crippen LogP contribution is 2.31. The van der Waals surface area contributed by atoms with E-state index in [2.05, 4.69) is 10.6 Å². The van der Waals surface area contributed by atoms with E-state index in [9.17, 15) is 9.59 Å². The van der Waals surface area contributed by atoms with Crippen molar-refractivity contribution in [2.24, 2.45) is 0 Å². The smallest absolute Gasteiger partial charge is 0.220 e. The molecule has 0 saturated carbocycles. The van der Waals surface area contributed by atoms with Gasteiger partial charge in [-0.15, -0.1) is 11.3 Å². The van der Waals surface area contributed by atoms with E-state index in [-0.39, 0.29) is 30.6 Å². The number of amides is 1. The van der Waals surface area contributed by atoms with Crippen LogP contribution in [-0.2, 0) is 4.79 Å². The summed E-state index contributed by atoms with van der Waals surface area (Å²) in [5.74, 6) is -0.308. The van der Waals surface area contributed by atoms with Crippen molar-refractivity contribution in [3.05, 3.63) is 20.3 Å². The summed E-state index contributed by atoms with van der Waals surface area (Å²) < 4.78 is 0.847. The molecule has 1 atom stereocenters. The lowest BCUT2D eigenvalue weighted by Gasteiger charge is -2.10. The minimum absolute atomic E-state index is 0.131. The highest BCUT2D eigenvalue weighted by atomic mass is 35.5. The standard InChI is InChI=1S/C12H16Cl2N2O2S/c1-7(15-2)6-16-11(18)4-3-9(17)8-5-10(13)19-12(8)14/h5,7,15H,3-4,6H2,1-2H3,(H,16,18). The molecule has 7 heteroatoms. The molecule has 0 bridgehead atoms. The molecule has 0 aromatic carbocycles. The van der Waals surface area contributed by atoms with Gasteiger partial charge in [-0.1, -0.05) is 23.2 Å². The Morgan fingerprint density at radius 2 is 2.05 bits per heavy atom. The number of likely N-dealkylation sites (N-methyl/N-ethyl adjacent to an activating group) is 1. The molecule has 106 valence electrons. The molecule has 2 N–H and O–H groups in total. The number of rotatable bonds is 7. The number of hydrogen-bond acceptors (Lipinski definition) is 4. The fourth-order valence-corrected chi connectivity index (χ4v) is 2.85. The zero-order valence-electron chi connectivity index (χ0n) is 10.8.